The monoisotopic (exact) mass is 171 g/mol. The third kappa shape index (κ3) is 2.99. The summed E-state index contributed by atoms with van der Waals surface area (Å²) >= 11 is 0. The number of hydrogen-bond acceptors (Lipinski definition) is 1. The van der Waals surface area contributed by atoms with Crippen molar-refractivity contribution in [1.29, 1.82) is 0 Å². The quantitative estimate of drug-likeness (QED) is 0.695. The fraction of sp³-hybridized carbons (Fsp3) is 0. The lowest BCUT2D eigenvalue weighted by Crippen LogP contribution is -1.77. The topological polar surface area (TPSA) is 26.0 Å². The number of rotatable bonds is 3. The van der Waals surface area contributed by atoms with E-state index in [2.05, 4.69) is 6.58 Å². The smallest absolute Gasteiger partial charge is 0.00624 e. The van der Waals surface area contributed by atoms with Crippen LogP contribution in [0.15, 0.2) is 61.3 Å². The van der Waals surface area contributed by atoms with Gasteiger partial charge in [-0.05, 0) is 23.4 Å². The van der Waals surface area contributed by atoms with Crippen molar-refractivity contribution in [3.63, 3.8) is 0 Å². The Morgan fingerprint density at radius 3 is 2.46 bits per heavy atom. The van der Waals surface area contributed by atoms with Crippen molar-refractivity contribution in [3.05, 3.63) is 66.9 Å². The van der Waals surface area contributed by atoms with Crippen LogP contribution in [0.5, 0.6) is 0 Å². The molecule has 0 heterocycles. The number of allylic oxidation sites excluding steroid dienone is 4. The SMILES string of the molecule is C=C(/C=C\C=C/N)c1ccccc1. The highest BCUT2D eigenvalue weighted by Gasteiger charge is 1.90. The Kier molecular flexibility index (Phi) is 3.58. The summed E-state index contributed by atoms with van der Waals surface area (Å²) in [6.07, 6.45) is 7.07. The fourth-order valence-electron chi connectivity index (χ4n) is 0.984. The Morgan fingerprint density at radius 1 is 1.15 bits per heavy atom. The second kappa shape index (κ2) is 4.99. The first-order chi connectivity index (χ1) is 6.34. The van der Waals surface area contributed by atoms with Crippen molar-refractivity contribution in [3.8, 4) is 0 Å². The number of benzene rings is 1. The van der Waals surface area contributed by atoms with E-state index in [-0.39, 0.29) is 0 Å². The average molecular weight is 171 g/mol. The summed E-state index contributed by atoms with van der Waals surface area (Å²) in [5, 5.41) is 0. The highest BCUT2D eigenvalue weighted by molar-refractivity contribution is 5.72. The molecule has 0 aromatic heterocycles. The van der Waals surface area contributed by atoms with Gasteiger partial charge in [0.25, 0.3) is 0 Å². The van der Waals surface area contributed by atoms with Crippen LogP contribution in [0.1, 0.15) is 5.56 Å². The minimum atomic E-state index is 0.985. The predicted octanol–water partition coefficient (Wildman–Crippen LogP) is 2.73. The number of hydrogen-bond donors (Lipinski definition) is 1. The Hall–Kier alpha value is -1.76. The lowest BCUT2D eigenvalue weighted by Gasteiger charge is -1.97. The van der Waals surface area contributed by atoms with Crippen LogP contribution >= 0.6 is 0 Å². The largest absolute Gasteiger partial charge is 0.405 e. The second-order valence-electron chi connectivity index (χ2n) is 2.64. The van der Waals surface area contributed by atoms with Crippen molar-refractivity contribution < 1.29 is 0 Å². The molecule has 0 saturated heterocycles. The Bertz CT molecular complexity index is 320. The highest BCUT2D eigenvalue weighted by Crippen LogP contribution is 2.12. The van der Waals surface area contributed by atoms with Gasteiger partial charge < -0.3 is 5.73 Å². The minimum absolute atomic E-state index is 0.985. The maximum atomic E-state index is 5.19. The zero-order valence-electron chi connectivity index (χ0n) is 7.48. The standard InChI is InChI=1S/C12H13N/c1-11(7-5-6-10-13)12-8-3-2-4-9-12/h2-10H,1,13H2/b7-5-,10-6-. The molecule has 0 amide bonds. The van der Waals surface area contributed by atoms with Crippen LogP contribution in [0.4, 0.5) is 0 Å². The van der Waals surface area contributed by atoms with Crippen molar-refractivity contribution >= 4 is 5.57 Å². The molecular weight excluding hydrogens is 158 g/mol. The van der Waals surface area contributed by atoms with Crippen LogP contribution in [0.25, 0.3) is 5.57 Å². The molecule has 1 heteroatoms. The van der Waals surface area contributed by atoms with E-state index in [9.17, 15) is 0 Å². The van der Waals surface area contributed by atoms with Crippen LogP contribution in [0.3, 0.4) is 0 Å². The van der Waals surface area contributed by atoms with E-state index in [1.165, 1.54) is 6.20 Å². The maximum absolute atomic E-state index is 5.19. The summed E-state index contributed by atoms with van der Waals surface area (Å²) in [5.41, 5.74) is 7.31. The summed E-state index contributed by atoms with van der Waals surface area (Å²) < 4.78 is 0. The lowest BCUT2D eigenvalue weighted by atomic mass is 10.1. The van der Waals surface area contributed by atoms with E-state index in [0.717, 1.165) is 11.1 Å². The van der Waals surface area contributed by atoms with Crippen LogP contribution in [0.2, 0.25) is 0 Å². The molecule has 0 saturated carbocycles. The van der Waals surface area contributed by atoms with Gasteiger partial charge in [-0.15, -0.1) is 0 Å². The molecule has 0 radical (unpaired) electrons. The molecular formula is C12H13N. The van der Waals surface area contributed by atoms with Gasteiger partial charge in [0.1, 0.15) is 0 Å². The molecule has 0 aliphatic heterocycles. The van der Waals surface area contributed by atoms with E-state index in [1.54, 1.807) is 6.08 Å². The molecule has 0 atom stereocenters. The summed E-state index contributed by atoms with van der Waals surface area (Å²) in [4.78, 5) is 0. The van der Waals surface area contributed by atoms with Gasteiger partial charge in [-0.3, -0.25) is 0 Å². The molecule has 0 aliphatic carbocycles. The van der Waals surface area contributed by atoms with E-state index in [4.69, 9.17) is 5.73 Å². The molecule has 0 fully saturated rings. The second-order valence-corrected chi connectivity index (χ2v) is 2.64. The van der Waals surface area contributed by atoms with Gasteiger partial charge in [0.05, 0.1) is 0 Å². The zero-order valence-corrected chi connectivity index (χ0v) is 7.48. The molecule has 1 aromatic rings. The molecule has 1 aromatic carbocycles. The van der Waals surface area contributed by atoms with Crippen LogP contribution in [-0.4, -0.2) is 0 Å². The molecule has 0 bridgehead atoms. The summed E-state index contributed by atoms with van der Waals surface area (Å²) in [7, 11) is 0. The summed E-state index contributed by atoms with van der Waals surface area (Å²) in [6, 6.07) is 10.0. The molecule has 0 aliphatic rings. The van der Waals surface area contributed by atoms with Crippen molar-refractivity contribution in [2.45, 2.75) is 0 Å². The van der Waals surface area contributed by atoms with Crippen molar-refractivity contribution in [2.75, 3.05) is 0 Å². The summed E-state index contributed by atoms with van der Waals surface area (Å²) in [6.45, 7) is 3.94. The van der Waals surface area contributed by atoms with Crippen LogP contribution in [-0.2, 0) is 0 Å². The average Bonchev–Trinajstić information content (AvgIpc) is 2.19. The van der Waals surface area contributed by atoms with Gasteiger partial charge in [-0.25, -0.2) is 0 Å². The minimum Gasteiger partial charge on any atom is -0.405 e. The molecule has 0 spiro atoms. The van der Waals surface area contributed by atoms with Gasteiger partial charge in [-0.2, -0.15) is 0 Å². The third-order valence-corrected chi connectivity index (χ3v) is 1.66. The molecule has 2 N–H and O–H groups in total. The molecule has 1 nitrogen and oxygen atoms in total. The van der Waals surface area contributed by atoms with Gasteiger partial charge in [-0.1, -0.05) is 49.1 Å². The Labute approximate surface area is 78.9 Å². The van der Waals surface area contributed by atoms with Crippen molar-refractivity contribution in [2.24, 2.45) is 5.73 Å². The normalized spacial score (nSPS) is 11.1. The first-order valence-corrected chi connectivity index (χ1v) is 4.14. The first kappa shape index (κ1) is 9.33. The first-order valence-electron chi connectivity index (χ1n) is 4.14. The van der Waals surface area contributed by atoms with Crippen molar-refractivity contribution in [1.82, 2.24) is 0 Å². The fourth-order valence-corrected chi connectivity index (χ4v) is 0.984. The highest BCUT2D eigenvalue weighted by atomic mass is 14.5. The van der Waals surface area contributed by atoms with E-state index < -0.39 is 0 Å². The third-order valence-electron chi connectivity index (χ3n) is 1.66. The Morgan fingerprint density at radius 2 is 1.85 bits per heavy atom. The predicted molar refractivity (Wildman–Crippen MR) is 57.9 cm³/mol. The van der Waals surface area contributed by atoms with Gasteiger partial charge in [0, 0.05) is 0 Å². The van der Waals surface area contributed by atoms with Gasteiger partial charge in [0.2, 0.25) is 0 Å². The molecule has 1 rings (SSSR count). The van der Waals surface area contributed by atoms with Crippen LogP contribution in [0, 0.1) is 0 Å². The number of nitrogens with two attached hydrogens (primary N) is 1. The van der Waals surface area contributed by atoms with Crippen LogP contribution < -0.4 is 5.73 Å². The Balaban J connectivity index is 2.70. The van der Waals surface area contributed by atoms with E-state index in [0.29, 0.717) is 0 Å². The molecule has 0 unspecified atom stereocenters. The molecule has 66 valence electrons. The lowest BCUT2D eigenvalue weighted by molar-refractivity contribution is 1.60. The maximum Gasteiger partial charge on any atom is -0.00624 e. The van der Waals surface area contributed by atoms with Gasteiger partial charge >= 0.3 is 0 Å². The summed E-state index contributed by atoms with van der Waals surface area (Å²) in [5.74, 6) is 0. The van der Waals surface area contributed by atoms with Gasteiger partial charge in [0.15, 0.2) is 0 Å². The van der Waals surface area contributed by atoms with E-state index in [1.807, 2.05) is 42.5 Å². The zero-order chi connectivity index (χ0) is 9.52. The van der Waals surface area contributed by atoms with E-state index >= 15 is 0 Å². The molecule has 13 heavy (non-hydrogen) atoms.